The fraction of sp³-hybridized carbons (Fsp3) is 0.231. The molecule has 0 bridgehead atoms. The molecule has 3 amide bonds. The summed E-state index contributed by atoms with van der Waals surface area (Å²) in [6.45, 7) is 6.37. The number of nitrogens with zero attached hydrogens (tertiary/aromatic N) is 1. The molecular formula is C26H27FN4O3. The molecule has 1 heterocycles. The standard InChI is InChI=1S/C26H27FN4O3/c1-26(2,3)18-9-7-17(8-10-18)24(33)29-15-13-23(32)30-22-16-19(27)11-12-20(22)31-25(34)21-6-4-5-14-28-21/h4-12,14,16H,13,15H2,1-3H3,(H,29,33)(H,30,32)(H,31,34). The molecule has 3 N–H and O–H groups in total. The van der Waals surface area contributed by atoms with Gasteiger partial charge >= 0.3 is 0 Å². The van der Waals surface area contributed by atoms with Crippen LogP contribution in [0.5, 0.6) is 0 Å². The number of pyridine rings is 1. The van der Waals surface area contributed by atoms with Crippen LogP contribution in [0.2, 0.25) is 0 Å². The molecule has 34 heavy (non-hydrogen) atoms. The first kappa shape index (κ1) is 24.6. The van der Waals surface area contributed by atoms with Crippen LogP contribution in [-0.2, 0) is 10.2 Å². The maximum absolute atomic E-state index is 13.8. The van der Waals surface area contributed by atoms with Gasteiger partial charge in [-0.15, -0.1) is 0 Å². The van der Waals surface area contributed by atoms with Crippen molar-refractivity contribution in [1.29, 1.82) is 0 Å². The van der Waals surface area contributed by atoms with Crippen LogP contribution in [0, 0.1) is 5.82 Å². The minimum Gasteiger partial charge on any atom is -0.352 e. The third kappa shape index (κ3) is 6.71. The van der Waals surface area contributed by atoms with Gasteiger partial charge in [-0.25, -0.2) is 4.39 Å². The average Bonchev–Trinajstić information content (AvgIpc) is 2.80. The van der Waals surface area contributed by atoms with Gasteiger partial charge in [-0.3, -0.25) is 19.4 Å². The molecule has 1 aromatic heterocycles. The summed E-state index contributed by atoms with van der Waals surface area (Å²) in [5.41, 5.74) is 2.12. The van der Waals surface area contributed by atoms with Crippen molar-refractivity contribution in [2.24, 2.45) is 0 Å². The van der Waals surface area contributed by atoms with Crippen LogP contribution in [0.1, 0.15) is 53.6 Å². The molecule has 0 spiro atoms. The molecule has 0 radical (unpaired) electrons. The van der Waals surface area contributed by atoms with E-state index < -0.39 is 17.6 Å². The van der Waals surface area contributed by atoms with E-state index in [0.29, 0.717) is 5.56 Å². The van der Waals surface area contributed by atoms with Crippen LogP contribution in [-0.4, -0.2) is 29.3 Å². The highest BCUT2D eigenvalue weighted by atomic mass is 19.1. The number of rotatable bonds is 7. The lowest BCUT2D eigenvalue weighted by Gasteiger charge is -2.19. The molecule has 8 heteroatoms. The van der Waals surface area contributed by atoms with Gasteiger partial charge < -0.3 is 16.0 Å². The maximum atomic E-state index is 13.8. The van der Waals surface area contributed by atoms with Gasteiger partial charge in [0.25, 0.3) is 11.8 Å². The second-order valence-electron chi connectivity index (χ2n) is 8.74. The summed E-state index contributed by atoms with van der Waals surface area (Å²) in [7, 11) is 0. The molecule has 0 unspecified atom stereocenters. The number of benzene rings is 2. The highest BCUT2D eigenvalue weighted by Gasteiger charge is 2.15. The molecule has 0 atom stereocenters. The highest BCUT2D eigenvalue weighted by Crippen LogP contribution is 2.24. The summed E-state index contributed by atoms with van der Waals surface area (Å²) in [5, 5.41) is 7.90. The first-order valence-electron chi connectivity index (χ1n) is 10.8. The zero-order chi connectivity index (χ0) is 24.7. The Morgan fingerprint density at radius 2 is 1.62 bits per heavy atom. The van der Waals surface area contributed by atoms with Crippen LogP contribution < -0.4 is 16.0 Å². The Morgan fingerprint density at radius 3 is 2.26 bits per heavy atom. The number of hydrogen-bond acceptors (Lipinski definition) is 4. The lowest BCUT2D eigenvalue weighted by atomic mass is 9.87. The third-order valence-electron chi connectivity index (χ3n) is 5.05. The molecule has 0 aliphatic heterocycles. The molecule has 0 saturated heterocycles. The van der Waals surface area contributed by atoms with Crippen LogP contribution in [0.25, 0.3) is 0 Å². The monoisotopic (exact) mass is 462 g/mol. The minimum atomic E-state index is -0.571. The number of nitrogens with one attached hydrogen (secondary N) is 3. The van der Waals surface area contributed by atoms with E-state index >= 15 is 0 Å². The second kappa shape index (κ2) is 10.7. The Balaban J connectivity index is 1.56. The largest absolute Gasteiger partial charge is 0.352 e. The number of amides is 3. The Labute approximate surface area is 197 Å². The Kier molecular flexibility index (Phi) is 7.73. The molecule has 176 valence electrons. The van der Waals surface area contributed by atoms with E-state index in [9.17, 15) is 18.8 Å². The van der Waals surface area contributed by atoms with Gasteiger partial charge in [0, 0.05) is 24.7 Å². The van der Waals surface area contributed by atoms with Gasteiger partial charge in [-0.2, -0.15) is 0 Å². The lowest BCUT2D eigenvalue weighted by Crippen LogP contribution is -2.28. The van der Waals surface area contributed by atoms with Gasteiger partial charge in [0.15, 0.2) is 0 Å². The van der Waals surface area contributed by atoms with Gasteiger partial charge in [-0.05, 0) is 53.4 Å². The summed E-state index contributed by atoms with van der Waals surface area (Å²) in [6, 6.07) is 15.8. The van der Waals surface area contributed by atoms with E-state index in [-0.39, 0.29) is 41.4 Å². The Hall–Kier alpha value is -4.07. The average molecular weight is 463 g/mol. The zero-order valence-corrected chi connectivity index (χ0v) is 19.3. The van der Waals surface area contributed by atoms with Crippen LogP contribution in [0.15, 0.2) is 66.9 Å². The third-order valence-corrected chi connectivity index (χ3v) is 5.05. The SMILES string of the molecule is CC(C)(C)c1ccc(C(=O)NCCC(=O)Nc2cc(F)ccc2NC(=O)c2ccccn2)cc1. The van der Waals surface area contributed by atoms with E-state index in [4.69, 9.17) is 0 Å². The summed E-state index contributed by atoms with van der Waals surface area (Å²) in [5.74, 6) is -1.80. The van der Waals surface area contributed by atoms with Gasteiger partial charge in [-0.1, -0.05) is 39.0 Å². The summed E-state index contributed by atoms with van der Waals surface area (Å²) in [6.07, 6.45) is 1.45. The Morgan fingerprint density at radius 1 is 0.882 bits per heavy atom. The molecule has 7 nitrogen and oxygen atoms in total. The van der Waals surface area contributed by atoms with Crippen molar-refractivity contribution >= 4 is 29.1 Å². The van der Waals surface area contributed by atoms with Crippen molar-refractivity contribution in [3.05, 3.63) is 89.5 Å². The Bertz CT molecular complexity index is 1170. The van der Waals surface area contributed by atoms with Crippen LogP contribution in [0.4, 0.5) is 15.8 Å². The van der Waals surface area contributed by atoms with Crippen molar-refractivity contribution in [3.8, 4) is 0 Å². The molecular weight excluding hydrogens is 435 g/mol. The van der Waals surface area contributed by atoms with Gasteiger partial charge in [0.05, 0.1) is 11.4 Å². The number of anilines is 2. The van der Waals surface area contributed by atoms with Gasteiger partial charge in [0.1, 0.15) is 11.5 Å². The highest BCUT2D eigenvalue weighted by molar-refractivity contribution is 6.06. The topological polar surface area (TPSA) is 100 Å². The first-order valence-corrected chi connectivity index (χ1v) is 10.8. The molecule has 0 fully saturated rings. The summed E-state index contributed by atoms with van der Waals surface area (Å²) >= 11 is 0. The van der Waals surface area contributed by atoms with Crippen molar-refractivity contribution in [2.45, 2.75) is 32.6 Å². The van der Waals surface area contributed by atoms with Crippen molar-refractivity contribution in [2.75, 3.05) is 17.2 Å². The number of halogens is 1. The van der Waals surface area contributed by atoms with Crippen LogP contribution in [0.3, 0.4) is 0 Å². The second-order valence-corrected chi connectivity index (χ2v) is 8.74. The van der Waals surface area contributed by atoms with E-state index in [0.717, 1.165) is 11.6 Å². The minimum absolute atomic E-state index is 0.0140. The molecule has 2 aromatic carbocycles. The molecule has 0 saturated carbocycles. The number of hydrogen-bond donors (Lipinski definition) is 3. The number of carbonyl (C=O) groups excluding carboxylic acids is 3. The number of aromatic nitrogens is 1. The summed E-state index contributed by atoms with van der Waals surface area (Å²) in [4.78, 5) is 41.1. The maximum Gasteiger partial charge on any atom is 0.274 e. The van der Waals surface area contributed by atoms with E-state index in [1.807, 2.05) is 12.1 Å². The smallest absolute Gasteiger partial charge is 0.274 e. The predicted octanol–water partition coefficient (Wildman–Crippen LogP) is 4.53. The number of carbonyl (C=O) groups is 3. The van der Waals surface area contributed by atoms with Crippen molar-refractivity contribution in [3.63, 3.8) is 0 Å². The van der Waals surface area contributed by atoms with E-state index in [1.165, 1.54) is 24.4 Å². The van der Waals surface area contributed by atoms with Crippen LogP contribution >= 0.6 is 0 Å². The molecule has 3 aromatic rings. The molecule has 0 aliphatic rings. The molecule has 0 aliphatic carbocycles. The van der Waals surface area contributed by atoms with E-state index in [1.54, 1.807) is 24.3 Å². The fourth-order valence-electron chi connectivity index (χ4n) is 3.14. The normalized spacial score (nSPS) is 10.9. The van der Waals surface area contributed by atoms with Crippen molar-refractivity contribution in [1.82, 2.24) is 10.3 Å². The van der Waals surface area contributed by atoms with Gasteiger partial charge in [0.2, 0.25) is 5.91 Å². The summed E-state index contributed by atoms with van der Waals surface area (Å²) < 4.78 is 13.8. The zero-order valence-electron chi connectivity index (χ0n) is 19.3. The van der Waals surface area contributed by atoms with Crippen molar-refractivity contribution < 1.29 is 18.8 Å². The first-order chi connectivity index (χ1) is 16.1. The predicted molar refractivity (Wildman–Crippen MR) is 129 cm³/mol. The lowest BCUT2D eigenvalue weighted by molar-refractivity contribution is -0.116. The fourth-order valence-corrected chi connectivity index (χ4v) is 3.14. The quantitative estimate of drug-likeness (QED) is 0.480. The molecule has 3 rings (SSSR count). The van der Waals surface area contributed by atoms with E-state index in [2.05, 4.69) is 41.7 Å².